The molecule has 0 saturated carbocycles. The lowest BCUT2D eigenvalue weighted by Crippen LogP contribution is -2.36. The number of ether oxygens (including phenoxy) is 1. The molecule has 0 aromatic carbocycles. The Balaban J connectivity index is 1.91. The van der Waals surface area contributed by atoms with Crippen molar-refractivity contribution in [1.82, 2.24) is 19.5 Å². The number of aryl methyl sites for hydroxylation is 1. The summed E-state index contributed by atoms with van der Waals surface area (Å²) in [7, 11) is 5.11. The number of hydrogen-bond donors (Lipinski definition) is 1. The molecule has 1 fully saturated rings. The zero-order valence-corrected chi connectivity index (χ0v) is 14.8. The molecule has 1 N–H and O–H groups in total. The number of aromatic nitrogens is 4. The molecule has 0 unspecified atom stereocenters. The average Bonchev–Trinajstić information content (AvgIpc) is 3.00. The fraction of sp³-hybridized carbons (Fsp3) is 0.562. The highest BCUT2D eigenvalue weighted by molar-refractivity contribution is 5.45. The van der Waals surface area contributed by atoms with E-state index in [1.54, 1.807) is 26.5 Å². The van der Waals surface area contributed by atoms with E-state index in [0.717, 1.165) is 12.5 Å². The van der Waals surface area contributed by atoms with E-state index in [4.69, 9.17) is 4.74 Å². The smallest absolute Gasteiger partial charge is 0.368 e. The highest BCUT2D eigenvalue weighted by Crippen LogP contribution is 2.32. The second kappa shape index (κ2) is 7.10. The van der Waals surface area contributed by atoms with Gasteiger partial charge in [-0.25, -0.2) is 9.97 Å². The van der Waals surface area contributed by atoms with Crippen LogP contribution >= 0.6 is 0 Å². The summed E-state index contributed by atoms with van der Waals surface area (Å²) in [5.74, 6) is 0.820. The summed E-state index contributed by atoms with van der Waals surface area (Å²) >= 11 is 0. The normalized spacial score (nSPS) is 20.8. The van der Waals surface area contributed by atoms with Crippen LogP contribution in [-0.4, -0.2) is 46.3 Å². The molecule has 0 aliphatic carbocycles. The molecule has 1 aliphatic heterocycles. The number of imidazole rings is 1. The highest BCUT2D eigenvalue weighted by Gasteiger charge is 2.35. The van der Waals surface area contributed by atoms with Crippen LogP contribution in [0.4, 0.5) is 24.9 Å². The second-order valence-electron chi connectivity index (χ2n) is 6.41. The van der Waals surface area contributed by atoms with Gasteiger partial charge in [0.25, 0.3) is 0 Å². The van der Waals surface area contributed by atoms with E-state index in [1.165, 1.54) is 4.90 Å². The first-order valence-corrected chi connectivity index (χ1v) is 8.24. The van der Waals surface area contributed by atoms with E-state index < -0.39 is 11.9 Å². The van der Waals surface area contributed by atoms with Crippen molar-refractivity contribution in [2.75, 3.05) is 30.9 Å². The molecule has 0 spiro atoms. The fourth-order valence-electron chi connectivity index (χ4n) is 2.87. The standard InChI is InChI=1S/C16H21F3N6O/c1-24(2)12-9-11(16(17,18)19)22-15(23-12)21-10-5-4-8-26-13(10)14-20-6-7-25(14)3/h6-7,9-10,13H,4-5,8H2,1-3H3,(H,21,22,23)/t10-,13-/m0/s1. The van der Waals surface area contributed by atoms with Crippen LogP contribution in [-0.2, 0) is 18.0 Å². The Morgan fingerprint density at radius 3 is 2.69 bits per heavy atom. The number of nitrogens with zero attached hydrogens (tertiary/aromatic N) is 5. The zero-order chi connectivity index (χ0) is 18.9. The van der Waals surface area contributed by atoms with Gasteiger partial charge in [0.15, 0.2) is 5.69 Å². The Kier molecular flexibility index (Phi) is 5.03. The topological polar surface area (TPSA) is 68.1 Å². The number of rotatable bonds is 4. The van der Waals surface area contributed by atoms with Gasteiger partial charge in [0.05, 0.1) is 6.04 Å². The number of hydrogen-bond acceptors (Lipinski definition) is 6. The minimum Gasteiger partial charge on any atom is -0.368 e. The maximum atomic E-state index is 13.2. The van der Waals surface area contributed by atoms with Gasteiger partial charge in [-0.15, -0.1) is 0 Å². The molecule has 7 nitrogen and oxygen atoms in total. The molecular formula is C16H21F3N6O. The third-order valence-electron chi connectivity index (χ3n) is 4.21. The van der Waals surface area contributed by atoms with Gasteiger partial charge in [0, 0.05) is 46.2 Å². The highest BCUT2D eigenvalue weighted by atomic mass is 19.4. The van der Waals surface area contributed by atoms with Gasteiger partial charge in [-0.05, 0) is 12.8 Å². The molecule has 3 rings (SSSR count). The molecule has 3 heterocycles. The maximum absolute atomic E-state index is 13.2. The van der Waals surface area contributed by atoms with Gasteiger partial charge in [0.2, 0.25) is 5.95 Å². The first-order chi connectivity index (χ1) is 12.3. The first kappa shape index (κ1) is 18.4. The molecular weight excluding hydrogens is 349 g/mol. The third kappa shape index (κ3) is 3.90. The van der Waals surface area contributed by atoms with Crippen LogP contribution < -0.4 is 10.2 Å². The van der Waals surface area contributed by atoms with Crippen LogP contribution in [0.2, 0.25) is 0 Å². The minimum atomic E-state index is -4.55. The van der Waals surface area contributed by atoms with Crippen molar-refractivity contribution in [1.29, 1.82) is 0 Å². The Hall–Kier alpha value is -2.36. The zero-order valence-electron chi connectivity index (χ0n) is 14.8. The van der Waals surface area contributed by atoms with E-state index in [1.807, 2.05) is 11.6 Å². The van der Waals surface area contributed by atoms with Gasteiger partial charge in [-0.3, -0.25) is 0 Å². The Labute approximate surface area is 149 Å². The molecule has 1 saturated heterocycles. The summed E-state index contributed by atoms with van der Waals surface area (Å²) in [6.45, 7) is 0.572. The van der Waals surface area contributed by atoms with E-state index in [0.29, 0.717) is 18.9 Å². The lowest BCUT2D eigenvalue weighted by Gasteiger charge is -2.32. The summed E-state index contributed by atoms with van der Waals surface area (Å²) in [6, 6.07) is 0.655. The van der Waals surface area contributed by atoms with Gasteiger partial charge in [0.1, 0.15) is 17.7 Å². The first-order valence-electron chi connectivity index (χ1n) is 8.24. The lowest BCUT2D eigenvalue weighted by molar-refractivity contribution is -0.141. The Bertz CT molecular complexity index is 761. The van der Waals surface area contributed by atoms with Crippen LogP contribution in [0.15, 0.2) is 18.5 Å². The summed E-state index contributed by atoms with van der Waals surface area (Å²) < 4.78 is 47.2. The molecule has 26 heavy (non-hydrogen) atoms. The summed E-state index contributed by atoms with van der Waals surface area (Å²) in [5.41, 5.74) is -0.982. The van der Waals surface area contributed by atoms with Crippen LogP contribution in [0.1, 0.15) is 30.5 Å². The molecule has 1 aliphatic rings. The second-order valence-corrected chi connectivity index (χ2v) is 6.41. The number of halogens is 3. The SMILES string of the molecule is CN(C)c1cc(C(F)(F)F)nc(N[C@H]2CCCO[C@@H]2c2nccn2C)n1. The third-order valence-corrected chi connectivity index (χ3v) is 4.21. The summed E-state index contributed by atoms with van der Waals surface area (Å²) in [6.07, 6.45) is 0.0355. The van der Waals surface area contributed by atoms with E-state index in [2.05, 4.69) is 20.3 Å². The molecule has 2 atom stereocenters. The maximum Gasteiger partial charge on any atom is 0.433 e. The average molecular weight is 370 g/mol. The van der Waals surface area contributed by atoms with Crippen molar-refractivity contribution in [2.45, 2.75) is 31.2 Å². The van der Waals surface area contributed by atoms with E-state index in [-0.39, 0.29) is 23.9 Å². The van der Waals surface area contributed by atoms with Crippen molar-refractivity contribution >= 4 is 11.8 Å². The number of alkyl halides is 3. The largest absolute Gasteiger partial charge is 0.433 e. The van der Waals surface area contributed by atoms with Crippen molar-refractivity contribution in [3.63, 3.8) is 0 Å². The number of anilines is 2. The fourth-order valence-corrected chi connectivity index (χ4v) is 2.87. The monoisotopic (exact) mass is 370 g/mol. The van der Waals surface area contributed by atoms with Crippen molar-refractivity contribution < 1.29 is 17.9 Å². The molecule has 10 heteroatoms. The molecule has 2 aromatic heterocycles. The van der Waals surface area contributed by atoms with Crippen LogP contribution in [0.3, 0.4) is 0 Å². The molecule has 0 amide bonds. The molecule has 2 aromatic rings. The van der Waals surface area contributed by atoms with Gasteiger partial charge < -0.3 is 19.5 Å². The molecule has 142 valence electrons. The van der Waals surface area contributed by atoms with Gasteiger partial charge in [-0.1, -0.05) is 0 Å². The van der Waals surface area contributed by atoms with Crippen LogP contribution in [0.25, 0.3) is 0 Å². The minimum absolute atomic E-state index is 0.0711. The van der Waals surface area contributed by atoms with Gasteiger partial charge in [-0.2, -0.15) is 18.2 Å². The van der Waals surface area contributed by atoms with Gasteiger partial charge >= 0.3 is 6.18 Å². The van der Waals surface area contributed by atoms with E-state index >= 15 is 0 Å². The Morgan fingerprint density at radius 1 is 1.31 bits per heavy atom. The number of nitrogens with one attached hydrogen (secondary N) is 1. The summed E-state index contributed by atoms with van der Waals surface area (Å²) in [5, 5.41) is 3.03. The summed E-state index contributed by atoms with van der Waals surface area (Å²) in [4.78, 5) is 13.7. The van der Waals surface area contributed by atoms with E-state index in [9.17, 15) is 13.2 Å². The van der Waals surface area contributed by atoms with Crippen molar-refractivity contribution in [3.8, 4) is 0 Å². The predicted molar refractivity (Wildman–Crippen MR) is 89.9 cm³/mol. The van der Waals surface area contributed by atoms with Crippen molar-refractivity contribution in [2.24, 2.45) is 7.05 Å². The quantitative estimate of drug-likeness (QED) is 0.892. The van der Waals surface area contributed by atoms with Crippen molar-refractivity contribution in [3.05, 3.63) is 30.0 Å². The van der Waals surface area contributed by atoms with Crippen LogP contribution in [0.5, 0.6) is 0 Å². The van der Waals surface area contributed by atoms with Crippen LogP contribution in [0, 0.1) is 0 Å². The Morgan fingerprint density at radius 2 is 2.08 bits per heavy atom. The predicted octanol–water partition coefficient (Wildman–Crippen LogP) is 2.63. The molecule has 0 bridgehead atoms. The molecule has 0 radical (unpaired) electrons. The lowest BCUT2D eigenvalue weighted by atomic mass is 10.0.